The van der Waals surface area contributed by atoms with E-state index in [9.17, 15) is 4.79 Å². The van der Waals surface area contributed by atoms with Crippen molar-refractivity contribution in [1.29, 1.82) is 0 Å². The van der Waals surface area contributed by atoms with E-state index in [1.165, 1.54) is 16.9 Å². The van der Waals surface area contributed by atoms with Crippen LogP contribution in [-0.4, -0.2) is 17.7 Å². The zero-order valence-corrected chi connectivity index (χ0v) is 14.8. The summed E-state index contributed by atoms with van der Waals surface area (Å²) in [5, 5.41) is 5.57. The molecule has 0 saturated carbocycles. The lowest BCUT2D eigenvalue weighted by molar-refractivity contribution is 0.102. The molecule has 4 rings (SSSR count). The van der Waals surface area contributed by atoms with E-state index in [0.29, 0.717) is 27.2 Å². The van der Waals surface area contributed by atoms with Crippen LogP contribution in [0.15, 0.2) is 41.8 Å². The van der Waals surface area contributed by atoms with Crippen molar-refractivity contribution in [3.8, 4) is 22.8 Å². The van der Waals surface area contributed by atoms with Gasteiger partial charge in [0.05, 0.1) is 10.7 Å². The number of aryl methyl sites for hydroxylation is 1. The Bertz CT molecular complexity index is 953. The molecule has 0 bridgehead atoms. The molecule has 25 heavy (non-hydrogen) atoms. The number of carbonyl (C=O) groups is 1. The van der Waals surface area contributed by atoms with Crippen molar-refractivity contribution in [2.24, 2.45) is 0 Å². The first-order valence-electron chi connectivity index (χ1n) is 7.53. The number of hydrogen-bond donors (Lipinski definition) is 1. The van der Waals surface area contributed by atoms with E-state index in [2.05, 4.69) is 10.3 Å². The largest absolute Gasteiger partial charge is 0.454 e. The van der Waals surface area contributed by atoms with E-state index in [-0.39, 0.29) is 12.7 Å². The number of benzene rings is 2. The van der Waals surface area contributed by atoms with E-state index in [4.69, 9.17) is 21.1 Å². The molecule has 0 spiro atoms. The van der Waals surface area contributed by atoms with Crippen LogP contribution >= 0.6 is 22.9 Å². The number of amides is 1. The lowest BCUT2D eigenvalue weighted by Crippen LogP contribution is -2.11. The summed E-state index contributed by atoms with van der Waals surface area (Å²) in [4.78, 5) is 16.9. The summed E-state index contributed by atoms with van der Waals surface area (Å²) < 4.78 is 10.5. The van der Waals surface area contributed by atoms with Crippen molar-refractivity contribution in [2.45, 2.75) is 6.92 Å². The molecule has 1 aromatic heterocycles. The molecule has 0 radical (unpaired) electrons. The fraction of sp³-hybridized carbons (Fsp3) is 0.111. The Balaban J connectivity index is 1.54. The number of nitrogens with zero attached hydrogens (tertiary/aromatic N) is 1. The van der Waals surface area contributed by atoms with Gasteiger partial charge in [-0.05, 0) is 19.1 Å². The van der Waals surface area contributed by atoms with E-state index >= 15 is 0 Å². The molecular formula is C18H13ClN2O3S. The molecule has 1 N–H and O–H groups in total. The highest BCUT2D eigenvalue weighted by Gasteiger charge is 2.21. The molecule has 1 aliphatic heterocycles. The summed E-state index contributed by atoms with van der Waals surface area (Å²) in [6, 6.07) is 11.2. The number of thiazole rings is 1. The monoisotopic (exact) mass is 372 g/mol. The van der Waals surface area contributed by atoms with Crippen LogP contribution in [0.25, 0.3) is 11.3 Å². The molecule has 2 aromatic carbocycles. The van der Waals surface area contributed by atoms with Crippen LogP contribution in [0.2, 0.25) is 5.02 Å². The van der Waals surface area contributed by atoms with Gasteiger partial charge in [0.2, 0.25) is 6.79 Å². The summed E-state index contributed by atoms with van der Waals surface area (Å²) in [6.07, 6.45) is 0. The normalized spacial score (nSPS) is 12.2. The number of hydrogen-bond acceptors (Lipinski definition) is 5. The number of rotatable bonds is 3. The zero-order chi connectivity index (χ0) is 17.4. The lowest BCUT2D eigenvalue weighted by atomic mass is 10.1. The molecule has 5 nitrogen and oxygen atoms in total. The van der Waals surface area contributed by atoms with Gasteiger partial charge in [-0.15, -0.1) is 11.3 Å². The highest BCUT2D eigenvalue weighted by atomic mass is 35.5. The summed E-state index contributed by atoms with van der Waals surface area (Å²) in [5.41, 5.74) is 3.41. The third-order valence-electron chi connectivity index (χ3n) is 3.76. The number of anilines is 1. The van der Waals surface area contributed by atoms with Crippen LogP contribution in [0, 0.1) is 6.92 Å². The average molecular weight is 373 g/mol. The molecule has 126 valence electrons. The molecule has 0 aliphatic carbocycles. The fourth-order valence-corrected chi connectivity index (χ4v) is 3.44. The van der Waals surface area contributed by atoms with E-state index in [1.807, 2.05) is 36.6 Å². The summed E-state index contributed by atoms with van der Waals surface area (Å²) in [5.74, 6) is 0.635. The first-order valence-corrected chi connectivity index (χ1v) is 8.79. The maximum Gasteiger partial charge on any atom is 0.257 e. The number of halogens is 1. The first kappa shape index (κ1) is 15.9. The van der Waals surface area contributed by atoms with Gasteiger partial charge in [0, 0.05) is 16.5 Å². The Morgan fingerprint density at radius 3 is 2.84 bits per heavy atom. The molecule has 0 unspecified atom stereocenters. The van der Waals surface area contributed by atoms with Crippen molar-refractivity contribution < 1.29 is 14.3 Å². The first-order chi connectivity index (χ1) is 12.1. The van der Waals surface area contributed by atoms with Crippen LogP contribution in [0.4, 0.5) is 5.13 Å². The van der Waals surface area contributed by atoms with Crippen LogP contribution in [0.5, 0.6) is 11.5 Å². The molecule has 0 fully saturated rings. The molecule has 7 heteroatoms. The maximum atomic E-state index is 12.5. The van der Waals surface area contributed by atoms with Crippen molar-refractivity contribution in [3.05, 3.63) is 57.9 Å². The molecule has 0 atom stereocenters. The average Bonchev–Trinajstić information content (AvgIpc) is 3.25. The lowest BCUT2D eigenvalue weighted by Gasteiger charge is -2.05. The van der Waals surface area contributed by atoms with Gasteiger partial charge in [0.15, 0.2) is 16.6 Å². The van der Waals surface area contributed by atoms with Crippen molar-refractivity contribution in [3.63, 3.8) is 0 Å². The fourth-order valence-electron chi connectivity index (χ4n) is 2.46. The SMILES string of the molecule is Cc1ccc(-c2csc(NC(=O)c3cc(Cl)c4c(c3)OCO4)n2)cc1. The highest BCUT2D eigenvalue weighted by molar-refractivity contribution is 7.14. The van der Waals surface area contributed by atoms with Crippen molar-refractivity contribution in [2.75, 3.05) is 12.1 Å². The minimum Gasteiger partial charge on any atom is -0.454 e. The second-order valence-electron chi connectivity index (χ2n) is 5.55. The number of fused-ring (bicyclic) bond motifs is 1. The third kappa shape index (κ3) is 3.18. The zero-order valence-electron chi connectivity index (χ0n) is 13.2. The molecule has 0 saturated heterocycles. The van der Waals surface area contributed by atoms with Gasteiger partial charge in [-0.1, -0.05) is 41.4 Å². The van der Waals surface area contributed by atoms with Gasteiger partial charge in [0.1, 0.15) is 0 Å². The molecule has 2 heterocycles. The van der Waals surface area contributed by atoms with Gasteiger partial charge in [-0.25, -0.2) is 4.98 Å². The quantitative estimate of drug-likeness (QED) is 0.720. The Morgan fingerprint density at radius 2 is 2.04 bits per heavy atom. The third-order valence-corrected chi connectivity index (χ3v) is 4.80. The second-order valence-corrected chi connectivity index (χ2v) is 6.82. The van der Waals surface area contributed by atoms with Gasteiger partial charge in [0.25, 0.3) is 5.91 Å². The van der Waals surface area contributed by atoms with Crippen molar-refractivity contribution in [1.82, 2.24) is 4.98 Å². The van der Waals surface area contributed by atoms with Gasteiger partial charge < -0.3 is 9.47 Å². The molecule has 1 aliphatic rings. The van der Waals surface area contributed by atoms with E-state index in [0.717, 1.165) is 11.3 Å². The number of ether oxygens (including phenoxy) is 2. The summed E-state index contributed by atoms with van der Waals surface area (Å²) in [7, 11) is 0. The Hall–Kier alpha value is -2.57. The van der Waals surface area contributed by atoms with E-state index in [1.54, 1.807) is 12.1 Å². The van der Waals surface area contributed by atoms with Crippen LogP contribution in [-0.2, 0) is 0 Å². The Labute approximate surface area is 153 Å². The van der Waals surface area contributed by atoms with Gasteiger partial charge in [-0.3, -0.25) is 10.1 Å². The Kier molecular flexibility index (Phi) is 4.07. The number of carbonyl (C=O) groups excluding carboxylic acids is 1. The molecular weight excluding hydrogens is 360 g/mol. The topological polar surface area (TPSA) is 60.5 Å². The predicted molar refractivity (Wildman–Crippen MR) is 97.8 cm³/mol. The number of aromatic nitrogens is 1. The van der Waals surface area contributed by atoms with Crippen LogP contribution in [0.1, 0.15) is 15.9 Å². The van der Waals surface area contributed by atoms with Gasteiger partial charge in [-0.2, -0.15) is 0 Å². The highest BCUT2D eigenvalue weighted by Crippen LogP contribution is 2.40. The summed E-state index contributed by atoms with van der Waals surface area (Å²) in [6.45, 7) is 2.14. The predicted octanol–water partition coefficient (Wildman–Crippen LogP) is 4.75. The minimum atomic E-state index is -0.301. The number of nitrogens with one attached hydrogen (secondary N) is 1. The summed E-state index contributed by atoms with van der Waals surface area (Å²) >= 11 is 7.49. The minimum absolute atomic E-state index is 0.104. The van der Waals surface area contributed by atoms with Gasteiger partial charge >= 0.3 is 0 Å². The van der Waals surface area contributed by atoms with E-state index < -0.39 is 0 Å². The van der Waals surface area contributed by atoms with Crippen LogP contribution < -0.4 is 14.8 Å². The second kappa shape index (κ2) is 6.38. The van der Waals surface area contributed by atoms with Crippen LogP contribution in [0.3, 0.4) is 0 Å². The smallest absolute Gasteiger partial charge is 0.257 e. The molecule has 1 amide bonds. The maximum absolute atomic E-state index is 12.5. The molecule has 3 aromatic rings. The van der Waals surface area contributed by atoms with Crippen molar-refractivity contribution >= 4 is 34.0 Å². The standard InChI is InChI=1S/C18H13ClN2O3S/c1-10-2-4-11(5-3-10)14-8-25-18(20-14)21-17(22)12-6-13(19)16-15(7-12)23-9-24-16/h2-8H,9H2,1H3,(H,20,21,22). The Morgan fingerprint density at radius 1 is 1.24 bits per heavy atom.